The van der Waals surface area contributed by atoms with Gasteiger partial charge in [0.1, 0.15) is 6.61 Å². The fraction of sp³-hybridized carbons (Fsp3) is 1.00. The van der Waals surface area contributed by atoms with Crippen LogP contribution < -0.4 is 0 Å². The Morgan fingerprint density at radius 2 is 1.47 bits per heavy atom. The third-order valence-electron chi connectivity index (χ3n) is 1.88. The maximum atomic E-state index is 12.4. The van der Waals surface area contributed by atoms with E-state index in [1.807, 2.05) is 0 Å². The van der Waals surface area contributed by atoms with Crippen LogP contribution >= 0.6 is 0 Å². The van der Waals surface area contributed by atoms with Crippen molar-refractivity contribution in [3.8, 4) is 0 Å². The number of alkyl halides is 6. The van der Waals surface area contributed by atoms with Gasteiger partial charge < -0.3 is 4.74 Å². The number of rotatable bonds is 4. The van der Waals surface area contributed by atoms with Gasteiger partial charge in [0, 0.05) is 0 Å². The molecule has 0 rings (SSSR count). The SMILES string of the molecule is CCCC(C)(OCC(F)(F)F)C(F)(F)F. The molecule has 0 heterocycles. The molecule has 1 atom stereocenters. The van der Waals surface area contributed by atoms with Gasteiger partial charge in [-0.05, 0) is 13.3 Å². The smallest absolute Gasteiger partial charge is 0.356 e. The molecule has 0 saturated carbocycles. The zero-order chi connectivity index (χ0) is 12.3. The van der Waals surface area contributed by atoms with Crippen molar-refractivity contribution in [2.45, 2.75) is 44.6 Å². The van der Waals surface area contributed by atoms with Gasteiger partial charge in [0.25, 0.3) is 0 Å². The minimum Gasteiger partial charge on any atom is -0.356 e. The Morgan fingerprint density at radius 3 is 1.73 bits per heavy atom. The normalized spacial score (nSPS) is 17.6. The van der Waals surface area contributed by atoms with Gasteiger partial charge in [-0.2, -0.15) is 26.3 Å². The number of ether oxygens (including phenoxy) is 1. The van der Waals surface area contributed by atoms with Crippen molar-refractivity contribution in [2.24, 2.45) is 0 Å². The molecule has 1 unspecified atom stereocenters. The second kappa shape index (κ2) is 4.59. The largest absolute Gasteiger partial charge is 0.417 e. The first-order valence-electron chi connectivity index (χ1n) is 4.29. The highest BCUT2D eigenvalue weighted by molar-refractivity contribution is 4.83. The molecule has 0 bridgehead atoms. The molecule has 1 nitrogen and oxygen atoms in total. The van der Waals surface area contributed by atoms with Crippen LogP contribution in [0.2, 0.25) is 0 Å². The standard InChI is InChI=1S/C8H12F6O/c1-3-4-6(2,8(12,13)14)15-5-7(9,10)11/h3-5H2,1-2H3. The van der Waals surface area contributed by atoms with Gasteiger partial charge >= 0.3 is 12.4 Å². The maximum Gasteiger partial charge on any atom is 0.417 e. The van der Waals surface area contributed by atoms with Crippen molar-refractivity contribution in [1.29, 1.82) is 0 Å². The van der Waals surface area contributed by atoms with Crippen LogP contribution in [-0.4, -0.2) is 24.6 Å². The summed E-state index contributed by atoms with van der Waals surface area (Å²) in [6.45, 7) is 0.187. The predicted octanol–water partition coefficient (Wildman–Crippen LogP) is 3.69. The highest BCUT2D eigenvalue weighted by atomic mass is 19.4. The summed E-state index contributed by atoms with van der Waals surface area (Å²) < 4.78 is 76.2. The molecule has 0 saturated heterocycles. The van der Waals surface area contributed by atoms with Crippen LogP contribution in [0.5, 0.6) is 0 Å². The van der Waals surface area contributed by atoms with Gasteiger partial charge in [0.05, 0.1) is 0 Å². The Kier molecular flexibility index (Phi) is 4.45. The molecule has 0 aliphatic heterocycles. The average Bonchev–Trinajstić information content (AvgIpc) is 1.98. The average molecular weight is 238 g/mol. The summed E-state index contributed by atoms with van der Waals surface area (Å²) in [5, 5.41) is 0. The molecule has 15 heavy (non-hydrogen) atoms. The van der Waals surface area contributed by atoms with Crippen LogP contribution in [0.4, 0.5) is 26.3 Å². The summed E-state index contributed by atoms with van der Waals surface area (Å²) in [6, 6.07) is 0. The molecule has 0 fully saturated rings. The third-order valence-corrected chi connectivity index (χ3v) is 1.88. The Bertz CT molecular complexity index is 196. The van der Waals surface area contributed by atoms with Crippen LogP contribution in [-0.2, 0) is 4.74 Å². The summed E-state index contributed by atoms with van der Waals surface area (Å²) in [7, 11) is 0. The monoisotopic (exact) mass is 238 g/mol. The van der Waals surface area contributed by atoms with E-state index in [1.165, 1.54) is 6.92 Å². The van der Waals surface area contributed by atoms with Crippen LogP contribution in [0.15, 0.2) is 0 Å². The van der Waals surface area contributed by atoms with Crippen LogP contribution in [0, 0.1) is 0 Å². The molecule has 0 aliphatic carbocycles. The van der Waals surface area contributed by atoms with Crippen LogP contribution in [0.25, 0.3) is 0 Å². The van der Waals surface area contributed by atoms with E-state index in [4.69, 9.17) is 0 Å². The minimum atomic E-state index is -4.80. The predicted molar refractivity (Wildman–Crippen MR) is 41.4 cm³/mol. The first kappa shape index (κ1) is 14.5. The van der Waals surface area contributed by atoms with Gasteiger partial charge in [-0.1, -0.05) is 13.3 Å². The van der Waals surface area contributed by atoms with E-state index >= 15 is 0 Å². The van der Waals surface area contributed by atoms with Crippen molar-refractivity contribution < 1.29 is 31.1 Å². The zero-order valence-electron chi connectivity index (χ0n) is 8.30. The molecule has 0 N–H and O–H groups in total. The van der Waals surface area contributed by atoms with Crippen molar-refractivity contribution in [1.82, 2.24) is 0 Å². The fourth-order valence-electron chi connectivity index (χ4n) is 1.01. The maximum absolute atomic E-state index is 12.4. The molecule has 0 spiro atoms. The minimum absolute atomic E-state index is 0.0911. The van der Waals surface area contributed by atoms with Gasteiger partial charge in [0.2, 0.25) is 0 Å². The van der Waals surface area contributed by atoms with Crippen molar-refractivity contribution in [2.75, 3.05) is 6.61 Å². The number of hydrogen-bond acceptors (Lipinski definition) is 1. The molecule has 0 aromatic carbocycles. The van der Waals surface area contributed by atoms with Gasteiger partial charge in [-0.15, -0.1) is 0 Å². The van der Waals surface area contributed by atoms with Crippen molar-refractivity contribution in [3.05, 3.63) is 0 Å². The van der Waals surface area contributed by atoms with E-state index in [0.29, 0.717) is 6.92 Å². The first-order valence-corrected chi connectivity index (χ1v) is 4.29. The van der Waals surface area contributed by atoms with Gasteiger partial charge in [-0.3, -0.25) is 0 Å². The topological polar surface area (TPSA) is 9.23 Å². The molecule has 0 aliphatic rings. The third kappa shape index (κ3) is 4.72. The van der Waals surface area contributed by atoms with E-state index in [9.17, 15) is 26.3 Å². The number of halogens is 6. The molecule has 7 heteroatoms. The Hall–Kier alpha value is -0.460. The second-order valence-electron chi connectivity index (χ2n) is 3.38. The van der Waals surface area contributed by atoms with E-state index in [-0.39, 0.29) is 6.42 Å². The van der Waals surface area contributed by atoms with E-state index in [2.05, 4.69) is 4.74 Å². The van der Waals surface area contributed by atoms with Gasteiger partial charge in [-0.25, -0.2) is 0 Å². The Balaban J connectivity index is 4.53. The second-order valence-corrected chi connectivity index (χ2v) is 3.38. The summed E-state index contributed by atoms with van der Waals surface area (Å²) in [4.78, 5) is 0. The van der Waals surface area contributed by atoms with Crippen molar-refractivity contribution in [3.63, 3.8) is 0 Å². The molecule has 0 amide bonds. The molecular formula is C8H12F6O. The van der Waals surface area contributed by atoms with E-state index < -0.39 is 31.0 Å². The summed E-state index contributed by atoms with van der Waals surface area (Å²) in [6.07, 6.45) is -9.95. The summed E-state index contributed by atoms with van der Waals surface area (Å²) in [5.74, 6) is 0. The van der Waals surface area contributed by atoms with Crippen molar-refractivity contribution >= 4 is 0 Å². The lowest BCUT2D eigenvalue weighted by Gasteiger charge is -2.32. The lowest BCUT2D eigenvalue weighted by Crippen LogP contribution is -2.46. The highest BCUT2D eigenvalue weighted by Crippen LogP contribution is 2.38. The quantitative estimate of drug-likeness (QED) is 0.679. The lowest BCUT2D eigenvalue weighted by molar-refractivity contribution is -0.299. The number of hydrogen-bond donors (Lipinski definition) is 0. The first-order chi connectivity index (χ1) is 6.52. The molecular weight excluding hydrogens is 226 g/mol. The molecule has 0 aromatic rings. The zero-order valence-corrected chi connectivity index (χ0v) is 8.30. The highest BCUT2D eigenvalue weighted by Gasteiger charge is 2.52. The van der Waals surface area contributed by atoms with E-state index in [1.54, 1.807) is 0 Å². The van der Waals surface area contributed by atoms with Crippen LogP contribution in [0.3, 0.4) is 0 Å². The Morgan fingerprint density at radius 1 is 1.00 bits per heavy atom. The van der Waals surface area contributed by atoms with E-state index in [0.717, 1.165) is 0 Å². The Labute approximate surface area is 83.4 Å². The summed E-state index contributed by atoms with van der Waals surface area (Å²) in [5.41, 5.74) is -2.72. The van der Waals surface area contributed by atoms with Crippen LogP contribution in [0.1, 0.15) is 26.7 Å². The fourth-order valence-corrected chi connectivity index (χ4v) is 1.01. The molecule has 0 radical (unpaired) electrons. The molecule has 92 valence electrons. The molecule has 0 aromatic heterocycles. The summed E-state index contributed by atoms with van der Waals surface area (Å²) >= 11 is 0. The van der Waals surface area contributed by atoms with Gasteiger partial charge in [0.15, 0.2) is 5.60 Å². The lowest BCUT2D eigenvalue weighted by atomic mass is 10.00.